The molecule has 6 nitrogen and oxygen atoms in total. The summed E-state index contributed by atoms with van der Waals surface area (Å²) in [5.74, 6) is -1.10. The summed E-state index contributed by atoms with van der Waals surface area (Å²) in [7, 11) is 0. The van der Waals surface area contributed by atoms with Crippen LogP contribution in [0.3, 0.4) is 0 Å². The Bertz CT molecular complexity index is 672. The molecule has 1 saturated carbocycles. The molecule has 7 heteroatoms. The lowest BCUT2D eigenvalue weighted by atomic mass is 10.0. The van der Waals surface area contributed by atoms with Crippen LogP contribution in [0, 0.1) is 11.8 Å². The summed E-state index contributed by atoms with van der Waals surface area (Å²) in [5.41, 5.74) is 0.680. The highest BCUT2D eigenvalue weighted by Gasteiger charge is 2.37. The van der Waals surface area contributed by atoms with Gasteiger partial charge in [0.1, 0.15) is 0 Å². The first-order valence-electron chi connectivity index (χ1n) is 8.48. The lowest BCUT2D eigenvalue weighted by Crippen LogP contribution is -2.36. The van der Waals surface area contributed by atoms with E-state index in [-0.39, 0.29) is 24.7 Å². The Hall–Kier alpha value is -2.08. The van der Waals surface area contributed by atoms with E-state index < -0.39 is 17.9 Å². The number of hydrogen-bond acceptors (Lipinski definition) is 3. The van der Waals surface area contributed by atoms with Gasteiger partial charge in [0.25, 0.3) is 0 Å². The smallest absolute Gasteiger partial charge is 0.305 e. The summed E-state index contributed by atoms with van der Waals surface area (Å²) < 4.78 is 0. The number of hydrogen-bond donors (Lipinski definition) is 2. The number of carbonyl (C=O) groups is 3. The number of rotatable bonds is 7. The van der Waals surface area contributed by atoms with Crippen molar-refractivity contribution >= 4 is 29.4 Å². The van der Waals surface area contributed by atoms with Gasteiger partial charge in [0.15, 0.2) is 0 Å². The Labute approximate surface area is 151 Å². The molecule has 1 saturated heterocycles. The van der Waals surface area contributed by atoms with E-state index in [1.807, 2.05) is 0 Å². The molecule has 0 aromatic heterocycles. The molecule has 0 radical (unpaired) electrons. The van der Waals surface area contributed by atoms with E-state index in [1.54, 1.807) is 29.2 Å². The minimum absolute atomic E-state index is 0.00771. The maximum atomic E-state index is 12.6. The zero-order valence-corrected chi connectivity index (χ0v) is 14.5. The maximum Gasteiger partial charge on any atom is 0.305 e. The zero-order chi connectivity index (χ0) is 18.0. The molecule has 1 heterocycles. The van der Waals surface area contributed by atoms with Gasteiger partial charge in [-0.15, -0.1) is 0 Å². The topological polar surface area (TPSA) is 86.7 Å². The molecule has 2 aliphatic rings. The number of nitrogens with zero attached hydrogens (tertiary/aromatic N) is 1. The summed E-state index contributed by atoms with van der Waals surface area (Å²) in [6.07, 6.45) is 2.27. The van der Waals surface area contributed by atoms with E-state index in [4.69, 9.17) is 16.7 Å². The zero-order valence-electron chi connectivity index (χ0n) is 13.8. The number of halogens is 1. The fourth-order valence-electron chi connectivity index (χ4n) is 3.15. The van der Waals surface area contributed by atoms with Gasteiger partial charge in [-0.05, 0) is 36.5 Å². The fourth-order valence-corrected chi connectivity index (χ4v) is 3.27. The molecule has 1 aliphatic carbocycles. The van der Waals surface area contributed by atoms with Gasteiger partial charge in [-0.3, -0.25) is 14.4 Å². The normalized spacial score (nSPS) is 21.2. The SMILES string of the molecule is O=C(O)C[C@H](NC(=O)[C@@H]1CC(=O)N(CC2CC2)C1)c1ccc(Cl)cc1. The summed E-state index contributed by atoms with van der Waals surface area (Å²) in [6, 6.07) is 6.09. The van der Waals surface area contributed by atoms with Gasteiger partial charge in [0, 0.05) is 24.5 Å². The van der Waals surface area contributed by atoms with Crippen molar-refractivity contribution in [3.05, 3.63) is 34.9 Å². The molecule has 2 N–H and O–H groups in total. The maximum absolute atomic E-state index is 12.6. The number of nitrogens with one attached hydrogen (secondary N) is 1. The molecule has 2 fully saturated rings. The van der Waals surface area contributed by atoms with Crippen molar-refractivity contribution in [2.24, 2.45) is 11.8 Å². The number of benzene rings is 1. The van der Waals surface area contributed by atoms with E-state index in [2.05, 4.69) is 5.32 Å². The highest BCUT2D eigenvalue weighted by molar-refractivity contribution is 6.30. The van der Waals surface area contributed by atoms with Crippen LogP contribution in [0.25, 0.3) is 0 Å². The van der Waals surface area contributed by atoms with Crippen molar-refractivity contribution in [3.63, 3.8) is 0 Å². The Balaban J connectivity index is 1.64. The third-order valence-corrected chi connectivity index (χ3v) is 4.98. The van der Waals surface area contributed by atoms with Crippen LogP contribution in [-0.2, 0) is 14.4 Å². The minimum Gasteiger partial charge on any atom is -0.481 e. The summed E-state index contributed by atoms with van der Waals surface area (Å²) in [5, 5.41) is 12.5. The van der Waals surface area contributed by atoms with Crippen LogP contribution in [0.4, 0.5) is 0 Å². The van der Waals surface area contributed by atoms with E-state index in [0.717, 1.165) is 19.4 Å². The molecule has 2 amide bonds. The highest BCUT2D eigenvalue weighted by Crippen LogP contribution is 2.32. The highest BCUT2D eigenvalue weighted by atomic mass is 35.5. The van der Waals surface area contributed by atoms with Gasteiger partial charge in [-0.1, -0.05) is 23.7 Å². The molecule has 25 heavy (non-hydrogen) atoms. The number of aliphatic carboxylic acids is 1. The van der Waals surface area contributed by atoms with Crippen LogP contribution in [0.5, 0.6) is 0 Å². The molecule has 0 spiro atoms. The number of carboxylic acids is 1. The molecule has 1 aromatic carbocycles. The fraction of sp³-hybridized carbons (Fsp3) is 0.500. The van der Waals surface area contributed by atoms with Crippen LogP contribution < -0.4 is 5.32 Å². The average molecular weight is 365 g/mol. The van der Waals surface area contributed by atoms with E-state index >= 15 is 0 Å². The van der Waals surface area contributed by atoms with E-state index in [1.165, 1.54) is 0 Å². The molecule has 1 aliphatic heterocycles. The van der Waals surface area contributed by atoms with Gasteiger partial charge < -0.3 is 15.3 Å². The minimum atomic E-state index is -1.00. The summed E-state index contributed by atoms with van der Waals surface area (Å²) in [6.45, 7) is 1.15. The predicted octanol–water partition coefficient (Wildman–Crippen LogP) is 2.23. The first-order valence-corrected chi connectivity index (χ1v) is 8.85. The van der Waals surface area contributed by atoms with Crippen LogP contribution in [0.2, 0.25) is 5.02 Å². The van der Waals surface area contributed by atoms with Gasteiger partial charge in [-0.25, -0.2) is 0 Å². The van der Waals surface area contributed by atoms with Gasteiger partial charge in [-0.2, -0.15) is 0 Å². The van der Waals surface area contributed by atoms with Crippen molar-refractivity contribution in [1.82, 2.24) is 10.2 Å². The van der Waals surface area contributed by atoms with E-state index in [9.17, 15) is 14.4 Å². The van der Waals surface area contributed by atoms with Gasteiger partial charge in [0.2, 0.25) is 11.8 Å². The standard InChI is InChI=1S/C18H21ClN2O4/c19-14-5-3-12(4-6-14)15(8-17(23)24)20-18(25)13-7-16(22)21(10-13)9-11-1-2-11/h3-6,11,13,15H,1-2,7-10H2,(H,20,25)(H,23,24)/t13-,15+/m1/s1. The largest absolute Gasteiger partial charge is 0.481 e. The second-order valence-electron chi connectivity index (χ2n) is 6.85. The lowest BCUT2D eigenvalue weighted by molar-refractivity contribution is -0.138. The van der Waals surface area contributed by atoms with Crippen LogP contribution in [0.1, 0.15) is 37.3 Å². The lowest BCUT2D eigenvalue weighted by Gasteiger charge is -2.20. The molecule has 3 rings (SSSR count). The van der Waals surface area contributed by atoms with Crippen LogP contribution in [-0.4, -0.2) is 40.9 Å². The van der Waals surface area contributed by atoms with Crippen LogP contribution in [0.15, 0.2) is 24.3 Å². The average Bonchev–Trinajstić information content (AvgIpc) is 3.29. The Morgan fingerprint density at radius 3 is 2.56 bits per heavy atom. The Kier molecular flexibility index (Phi) is 5.27. The molecule has 134 valence electrons. The second-order valence-corrected chi connectivity index (χ2v) is 7.29. The quantitative estimate of drug-likeness (QED) is 0.776. The molecule has 0 unspecified atom stereocenters. The van der Waals surface area contributed by atoms with Crippen molar-refractivity contribution < 1.29 is 19.5 Å². The Morgan fingerprint density at radius 2 is 1.96 bits per heavy atom. The van der Waals surface area contributed by atoms with Crippen LogP contribution >= 0.6 is 11.6 Å². The van der Waals surface area contributed by atoms with Gasteiger partial charge >= 0.3 is 5.97 Å². The Morgan fingerprint density at radius 1 is 1.28 bits per heavy atom. The molecule has 1 aromatic rings. The molecular weight excluding hydrogens is 344 g/mol. The summed E-state index contributed by atoms with van der Waals surface area (Å²) >= 11 is 5.86. The molecule has 0 bridgehead atoms. The summed E-state index contributed by atoms with van der Waals surface area (Å²) in [4.78, 5) is 37.5. The molecular formula is C18H21ClN2O4. The number of carbonyl (C=O) groups excluding carboxylic acids is 2. The van der Waals surface area contributed by atoms with E-state index in [0.29, 0.717) is 23.0 Å². The number of amides is 2. The first kappa shape index (κ1) is 17.7. The monoisotopic (exact) mass is 364 g/mol. The third-order valence-electron chi connectivity index (χ3n) is 4.73. The van der Waals surface area contributed by atoms with Crippen molar-refractivity contribution in [3.8, 4) is 0 Å². The molecule has 2 atom stereocenters. The van der Waals surface area contributed by atoms with Gasteiger partial charge in [0.05, 0.1) is 18.4 Å². The van der Waals surface area contributed by atoms with Crippen molar-refractivity contribution in [2.45, 2.75) is 31.7 Å². The number of carboxylic acid groups (broad SMARTS) is 1. The first-order chi connectivity index (χ1) is 11.9. The predicted molar refractivity (Wildman–Crippen MR) is 92.0 cm³/mol. The second kappa shape index (κ2) is 7.44. The third kappa shape index (κ3) is 4.72. The van der Waals surface area contributed by atoms with Crippen molar-refractivity contribution in [2.75, 3.05) is 13.1 Å². The number of likely N-dealkylation sites (tertiary alicyclic amines) is 1. The van der Waals surface area contributed by atoms with Crippen molar-refractivity contribution in [1.29, 1.82) is 0 Å².